The highest BCUT2D eigenvalue weighted by Crippen LogP contribution is 2.27. The summed E-state index contributed by atoms with van der Waals surface area (Å²) in [7, 11) is 6.42. The second-order valence-corrected chi connectivity index (χ2v) is 6.13. The first kappa shape index (κ1) is 11.2. The van der Waals surface area contributed by atoms with E-state index in [0.29, 0.717) is 4.47 Å². The van der Waals surface area contributed by atoms with Gasteiger partial charge in [0.2, 0.25) is 0 Å². The second kappa shape index (κ2) is 4.13. The minimum atomic E-state index is 0.529. The van der Waals surface area contributed by atoms with Gasteiger partial charge in [-0.05, 0) is 0 Å². The molecule has 0 unspecified atom stereocenters. The molecule has 0 bridgehead atoms. The largest absolute Gasteiger partial charge is 0.331 e. The fraction of sp³-hybridized carbons (Fsp3) is 0.625. The van der Waals surface area contributed by atoms with E-state index in [1.165, 1.54) is 11.3 Å². The first-order chi connectivity index (χ1) is 5.88. The first-order valence-electron chi connectivity index (χ1n) is 3.99. The van der Waals surface area contributed by atoms with Gasteiger partial charge in [0.25, 0.3) is 0 Å². The van der Waals surface area contributed by atoms with Gasteiger partial charge in [-0.25, -0.2) is 4.98 Å². The minimum absolute atomic E-state index is 0.529. The zero-order chi connectivity index (χ0) is 10.1. The Bertz CT molecular complexity index is 291. The molecule has 1 aromatic heterocycles. The molecule has 13 heavy (non-hydrogen) atoms. The van der Waals surface area contributed by atoms with Crippen LogP contribution < -0.4 is 0 Å². The highest BCUT2D eigenvalue weighted by Gasteiger charge is 2.12. The maximum atomic E-state index is 5.94. The summed E-state index contributed by atoms with van der Waals surface area (Å²) in [4.78, 5) is 4.16. The Morgan fingerprint density at radius 2 is 1.92 bits per heavy atom. The van der Waals surface area contributed by atoms with Crippen LogP contribution >= 0.6 is 34.5 Å². The van der Waals surface area contributed by atoms with Crippen LogP contribution in [0, 0.1) is 0 Å². The number of thiazole rings is 1. The third kappa shape index (κ3) is 3.81. The lowest BCUT2D eigenvalue weighted by atomic mass is 10.3. The number of quaternary nitrogens is 1. The molecule has 1 heterocycles. The molecule has 74 valence electrons. The topological polar surface area (TPSA) is 12.9 Å². The normalized spacial score (nSPS) is 12.1. The number of likely N-dealkylation sites (N-methyl/N-ethyl adjacent to an activating group) is 1. The van der Waals surface area contributed by atoms with Gasteiger partial charge in [0.05, 0.1) is 33.4 Å². The molecule has 0 N–H and O–H groups in total. The lowest BCUT2D eigenvalue weighted by Gasteiger charge is -2.23. The van der Waals surface area contributed by atoms with Gasteiger partial charge < -0.3 is 4.48 Å². The van der Waals surface area contributed by atoms with E-state index in [4.69, 9.17) is 23.2 Å². The van der Waals surface area contributed by atoms with Crippen LogP contribution in [0.5, 0.6) is 0 Å². The smallest absolute Gasteiger partial charge is 0.185 e. The fourth-order valence-corrected chi connectivity index (χ4v) is 2.28. The van der Waals surface area contributed by atoms with Crippen molar-refractivity contribution in [1.29, 1.82) is 0 Å². The number of aromatic nitrogens is 1. The number of halogens is 2. The van der Waals surface area contributed by atoms with Crippen molar-refractivity contribution in [3.05, 3.63) is 14.5 Å². The van der Waals surface area contributed by atoms with Crippen molar-refractivity contribution in [3.8, 4) is 0 Å². The fourth-order valence-electron chi connectivity index (χ4n) is 0.901. The van der Waals surface area contributed by atoms with Crippen molar-refractivity contribution in [2.24, 2.45) is 0 Å². The van der Waals surface area contributed by atoms with Crippen molar-refractivity contribution in [2.75, 3.05) is 27.7 Å². The third-order valence-corrected chi connectivity index (χ3v) is 3.08. The van der Waals surface area contributed by atoms with Crippen LogP contribution in [0.25, 0.3) is 0 Å². The molecule has 0 spiro atoms. The Morgan fingerprint density at radius 1 is 1.31 bits per heavy atom. The summed E-state index contributed by atoms with van der Waals surface area (Å²) in [5.41, 5.74) is 0.921. The zero-order valence-corrected chi connectivity index (χ0v) is 10.3. The Morgan fingerprint density at radius 3 is 2.31 bits per heavy atom. The molecule has 1 aromatic rings. The van der Waals surface area contributed by atoms with E-state index in [1.54, 1.807) is 0 Å². The van der Waals surface area contributed by atoms with E-state index in [1.807, 2.05) is 0 Å². The van der Waals surface area contributed by atoms with Crippen LogP contribution in [0.3, 0.4) is 0 Å². The highest BCUT2D eigenvalue weighted by molar-refractivity contribution is 7.19. The molecular weight excluding hydrogens is 227 g/mol. The molecular formula is C8H13Cl2N2S+. The summed E-state index contributed by atoms with van der Waals surface area (Å²) >= 11 is 13.0. The number of hydrogen-bond donors (Lipinski definition) is 0. The number of rotatable bonds is 3. The van der Waals surface area contributed by atoms with Crippen LogP contribution in [0.15, 0.2) is 0 Å². The molecule has 0 atom stereocenters. The monoisotopic (exact) mass is 239 g/mol. The Hall–Kier alpha value is 0.170. The molecule has 0 radical (unpaired) electrons. The van der Waals surface area contributed by atoms with Crippen LogP contribution in [0.1, 0.15) is 5.69 Å². The predicted octanol–water partition coefficient (Wildman–Crippen LogP) is 2.70. The average Bonchev–Trinajstić information content (AvgIpc) is 2.24. The van der Waals surface area contributed by atoms with Crippen LogP contribution in [-0.4, -0.2) is 37.2 Å². The van der Waals surface area contributed by atoms with Crippen LogP contribution in [0.4, 0.5) is 0 Å². The molecule has 0 aromatic carbocycles. The van der Waals surface area contributed by atoms with E-state index in [-0.39, 0.29) is 0 Å². The summed E-state index contributed by atoms with van der Waals surface area (Å²) in [6, 6.07) is 0. The second-order valence-electron chi connectivity index (χ2n) is 3.95. The molecule has 0 fully saturated rings. The molecule has 0 saturated carbocycles. The molecule has 0 aliphatic rings. The Labute approximate surface area is 92.7 Å². The summed E-state index contributed by atoms with van der Waals surface area (Å²) in [6.07, 6.45) is 0.881. The maximum Gasteiger partial charge on any atom is 0.185 e. The lowest BCUT2D eigenvalue weighted by molar-refractivity contribution is -0.870. The molecule has 5 heteroatoms. The predicted molar refractivity (Wildman–Crippen MR) is 58.7 cm³/mol. The van der Waals surface area contributed by atoms with Crippen LogP contribution in [-0.2, 0) is 6.42 Å². The molecule has 1 rings (SSSR count). The summed E-state index contributed by atoms with van der Waals surface area (Å²) in [6.45, 7) is 1.01. The number of hydrogen-bond acceptors (Lipinski definition) is 2. The van der Waals surface area contributed by atoms with Gasteiger partial charge in [0.15, 0.2) is 4.47 Å². The van der Waals surface area contributed by atoms with Crippen molar-refractivity contribution >= 4 is 34.5 Å². The average molecular weight is 240 g/mol. The first-order valence-corrected chi connectivity index (χ1v) is 5.57. The third-order valence-electron chi connectivity index (χ3n) is 1.64. The zero-order valence-electron chi connectivity index (χ0n) is 7.97. The molecule has 0 saturated heterocycles. The van der Waals surface area contributed by atoms with E-state index < -0.39 is 0 Å². The van der Waals surface area contributed by atoms with Crippen molar-refractivity contribution in [3.63, 3.8) is 0 Å². The molecule has 0 aliphatic heterocycles. The highest BCUT2D eigenvalue weighted by atomic mass is 35.5. The summed E-state index contributed by atoms with van der Waals surface area (Å²) in [5, 5.41) is 0. The summed E-state index contributed by atoms with van der Waals surface area (Å²) < 4.78 is 2.16. The van der Waals surface area contributed by atoms with E-state index in [2.05, 4.69) is 26.1 Å². The quantitative estimate of drug-likeness (QED) is 0.740. The molecule has 0 amide bonds. The van der Waals surface area contributed by atoms with Crippen molar-refractivity contribution in [2.45, 2.75) is 6.42 Å². The van der Waals surface area contributed by atoms with E-state index in [9.17, 15) is 0 Å². The van der Waals surface area contributed by atoms with Gasteiger partial charge in [-0.15, -0.1) is 0 Å². The van der Waals surface area contributed by atoms with E-state index >= 15 is 0 Å². The minimum Gasteiger partial charge on any atom is -0.331 e. The Kier molecular flexibility index (Phi) is 3.57. The van der Waals surface area contributed by atoms with Gasteiger partial charge >= 0.3 is 0 Å². The number of nitrogens with zero attached hydrogens (tertiary/aromatic N) is 2. The van der Waals surface area contributed by atoms with Gasteiger partial charge in [-0.1, -0.05) is 34.5 Å². The van der Waals surface area contributed by atoms with Crippen molar-refractivity contribution in [1.82, 2.24) is 4.98 Å². The molecule has 0 aliphatic carbocycles. The van der Waals surface area contributed by atoms with Gasteiger partial charge in [0, 0.05) is 6.42 Å². The lowest BCUT2D eigenvalue weighted by Crippen LogP contribution is -2.36. The SMILES string of the molecule is C[N+](C)(C)CCc1nc(Cl)sc1Cl. The Balaban J connectivity index is 2.59. The van der Waals surface area contributed by atoms with Crippen LogP contribution in [0.2, 0.25) is 8.80 Å². The van der Waals surface area contributed by atoms with Gasteiger partial charge in [-0.2, -0.15) is 0 Å². The standard InChI is InChI=1S/C8H13Cl2N2S/c1-12(2,3)5-4-6-7(9)13-8(10)11-6/h4-5H2,1-3H3/q+1. The molecule has 2 nitrogen and oxygen atoms in total. The maximum absolute atomic E-state index is 5.94. The van der Waals surface area contributed by atoms with Crippen molar-refractivity contribution < 1.29 is 4.48 Å². The summed E-state index contributed by atoms with van der Waals surface area (Å²) in [5.74, 6) is 0. The van der Waals surface area contributed by atoms with Gasteiger partial charge in [0.1, 0.15) is 4.34 Å². The van der Waals surface area contributed by atoms with E-state index in [0.717, 1.165) is 27.5 Å². The van der Waals surface area contributed by atoms with Gasteiger partial charge in [-0.3, -0.25) is 0 Å².